The summed E-state index contributed by atoms with van der Waals surface area (Å²) in [5, 5.41) is 0.892. The number of amides is 2. The van der Waals surface area contributed by atoms with Crippen molar-refractivity contribution in [3.05, 3.63) is 53.0 Å². The van der Waals surface area contributed by atoms with Crippen molar-refractivity contribution in [3.8, 4) is 5.75 Å². The second kappa shape index (κ2) is 7.83. The third-order valence-corrected chi connectivity index (χ3v) is 6.21. The summed E-state index contributed by atoms with van der Waals surface area (Å²) < 4.78 is 6.52. The van der Waals surface area contributed by atoms with E-state index in [4.69, 9.17) is 4.74 Å². The van der Waals surface area contributed by atoms with E-state index in [-0.39, 0.29) is 24.2 Å². The molecule has 0 saturated carbocycles. The van der Waals surface area contributed by atoms with Gasteiger partial charge >= 0.3 is 0 Å². The van der Waals surface area contributed by atoms with Crippen LogP contribution < -0.4 is 9.64 Å². The van der Waals surface area contributed by atoms with Gasteiger partial charge in [0.05, 0.1) is 35.5 Å². The van der Waals surface area contributed by atoms with Crippen LogP contribution in [-0.4, -0.2) is 42.4 Å². The molecule has 1 atom stereocenters. The summed E-state index contributed by atoms with van der Waals surface area (Å²) in [6.45, 7) is 2.77. The average Bonchev–Trinajstić information content (AvgIpc) is 3.30. The summed E-state index contributed by atoms with van der Waals surface area (Å²) in [7, 11) is 3.36. The van der Waals surface area contributed by atoms with Crippen molar-refractivity contribution in [1.29, 1.82) is 0 Å². The minimum absolute atomic E-state index is 0.0354. The number of hydrogen-bond acceptors (Lipinski definition) is 5. The molecule has 0 radical (unpaired) electrons. The molecule has 1 aromatic heterocycles. The van der Waals surface area contributed by atoms with E-state index in [9.17, 15) is 9.59 Å². The topological polar surface area (TPSA) is 62.7 Å². The Morgan fingerprint density at radius 1 is 1.31 bits per heavy atom. The fraction of sp³-hybridized carbons (Fsp3) is 0.318. The van der Waals surface area contributed by atoms with Gasteiger partial charge in [-0.3, -0.25) is 9.59 Å². The van der Waals surface area contributed by atoms with E-state index in [1.54, 1.807) is 35.3 Å². The smallest absolute Gasteiger partial charge is 0.228 e. The van der Waals surface area contributed by atoms with Crippen LogP contribution in [0.2, 0.25) is 0 Å². The molecule has 3 aromatic rings. The zero-order valence-corrected chi connectivity index (χ0v) is 17.5. The van der Waals surface area contributed by atoms with Crippen molar-refractivity contribution >= 4 is 39.1 Å². The fourth-order valence-electron chi connectivity index (χ4n) is 3.70. The lowest BCUT2D eigenvalue weighted by molar-refractivity contribution is -0.135. The molecule has 4 rings (SSSR count). The van der Waals surface area contributed by atoms with Gasteiger partial charge in [0.15, 0.2) is 0 Å². The van der Waals surface area contributed by atoms with E-state index in [1.165, 1.54) is 0 Å². The van der Waals surface area contributed by atoms with Crippen LogP contribution in [0.5, 0.6) is 5.75 Å². The number of anilines is 1. The third-order valence-electron chi connectivity index (χ3n) is 5.19. The normalized spacial score (nSPS) is 16.4. The van der Waals surface area contributed by atoms with Gasteiger partial charge in [0.25, 0.3) is 0 Å². The minimum atomic E-state index is -0.368. The fourth-order valence-corrected chi connectivity index (χ4v) is 4.72. The van der Waals surface area contributed by atoms with Gasteiger partial charge in [0.2, 0.25) is 11.8 Å². The Bertz CT molecular complexity index is 1050. The molecule has 0 N–H and O–H groups in total. The lowest BCUT2D eigenvalue weighted by atomic mass is 10.1. The molecule has 1 aliphatic rings. The van der Waals surface area contributed by atoms with Crippen LogP contribution >= 0.6 is 11.3 Å². The molecular formula is C22H23N3O3S. The number of thiazole rings is 1. The molecule has 1 fully saturated rings. The van der Waals surface area contributed by atoms with Crippen LogP contribution in [0.15, 0.2) is 42.5 Å². The SMILES string of the molecule is COc1ccc(C)cc1N1CC(C(=O)N(C)Cc2nc3ccccc3s2)CC1=O. The number of nitrogens with zero attached hydrogens (tertiary/aromatic N) is 3. The van der Waals surface area contributed by atoms with Gasteiger partial charge in [-0.25, -0.2) is 4.98 Å². The first-order chi connectivity index (χ1) is 14.0. The zero-order chi connectivity index (χ0) is 20.5. The molecule has 0 spiro atoms. The first kappa shape index (κ1) is 19.4. The average molecular weight is 410 g/mol. The first-order valence-electron chi connectivity index (χ1n) is 9.50. The van der Waals surface area contributed by atoms with Gasteiger partial charge < -0.3 is 14.5 Å². The van der Waals surface area contributed by atoms with E-state index in [0.29, 0.717) is 18.8 Å². The molecule has 7 heteroatoms. The van der Waals surface area contributed by atoms with E-state index >= 15 is 0 Å². The Hall–Kier alpha value is -2.93. The Morgan fingerprint density at radius 3 is 2.86 bits per heavy atom. The summed E-state index contributed by atoms with van der Waals surface area (Å²) >= 11 is 1.59. The summed E-state index contributed by atoms with van der Waals surface area (Å²) in [6.07, 6.45) is 0.208. The number of aryl methyl sites for hydroxylation is 1. The minimum Gasteiger partial charge on any atom is -0.495 e. The molecule has 2 aromatic carbocycles. The number of hydrogen-bond donors (Lipinski definition) is 0. The van der Waals surface area contributed by atoms with Crippen LogP contribution in [0.3, 0.4) is 0 Å². The molecule has 0 aliphatic carbocycles. The monoisotopic (exact) mass is 409 g/mol. The molecule has 1 unspecified atom stereocenters. The summed E-state index contributed by atoms with van der Waals surface area (Å²) in [6, 6.07) is 13.7. The number of benzene rings is 2. The lowest BCUT2D eigenvalue weighted by Gasteiger charge is -2.22. The highest BCUT2D eigenvalue weighted by molar-refractivity contribution is 7.18. The van der Waals surface area contributed by atoms with Crippen LogP contribution in [0.1, 0.15) is 17.0 Å². The Kier molecular flexibility index (Phi) is 5.24. The summed E-state index contributed by atoms with van der Waals surface area (Å²) in [5.41, 5.74) is 2.71. The van der Waals surface area contributed by atoms with Crippen molar-refractivity contribution in [2.75, 3.05) is 25.6 Å². The molecule has 29 heavy (non-hydrogen) atoms. The number of fused-ring (bicyclic) bond motifs is 1. The van der Waals surface area contributed by atoms with Crippen LogP contribution in [0.25, 0.3) is 10.2 Å². The molecule has 2 heterocycles. The molecular weight excluding hydrogens is 386 g/mol. The molecule has 1 saturated heterocycles. The van der Waals surface area contributed by atoms with Gasteiger partial charge in [-0.2, -0.15) is 0 Å². The van der Waals surface area contributed by atoms with Crippen LogP contribution in [0.4, 0.5) is 5.69 Å². The van der Waals surface area contributed by atoms with Gasteiger partial charge in [0, 0.05) is 20.0 Å². The largest absolute Gasteiger partial charge is 0.495 e. The maximum Gasteiger partial charge on any atom is 0.228 e. The predicted molar refractivity (Wildman–Crippen MR) is 114 cm³/mol. The highest BCUT2D eigenvalue weighted by atomic mass is 32.1. The standard InChI is InChI=1S/C22H23N3O3S/c1-14-8-9-18(28-3)17(10-14)25-12-15(11-21(25)26)22(27)24(2)13-20-23-16-6-4-5-7-19(16)29-20/h4-10,15H,11-13H2,1-3H3. The summed E-state index contributed by atoms with van der Waals surface area (Å²) in [5.74, 6) is 0.180. The van der Waals surface area contributed by atoms with Gasteiger partial charge in [0.1, 0.15) is 10.8 Å². The predicted octanol–water partition coefficient (Wildman–Crippen LogP) is 3.62. The van der Waals surface area contributed by atoms with Crippen molar-refractivity contribution in [3.63, 3.8) is 0 Å². The lowest BCUT2D eigenvalue weighted by Crippen LogP contribution is -2.34. The Labute approximate surface area is 173 Å². The number of ether oxygens (including phenoxy) is 1. The number of methoxy groups -OCH3 is 1. The van der Waals surface area contributed by atoms with Crippen LogP contribution in [-0.2, 0) is 16.1 Å². The van der Waals surface area contributed by atoms with E-state index < -0.39 is 0 Å². The van der Waals surface area contributed by atoms with E-state index in [2.05, 4.69) is 4.98 Å². The quantitative estimate of drug-likeness (QED) is 0.646. The highest BCUT2D eigenvalue weighted by Crippen LogP contribution is 2.34. The van der Waals surface area contributed by atoms with Crippen molar-refractivity contribution in [2.45, 2.75) is 19.9 Å². The first-order valence-corrected chi connectivity index (χ1v) is 10.3. The number of para-hydroxylation sites is 1. The van der Waals surface area contributed by atoms with Crippen molar-refractivity contribution in [2.24, 2.45) is 5.92 Å². The number of rotatable bonds is 5. The zero-order valence-electron chi connectivity index (χ0n) is 16.7. The second-order valence-corrected chi connectivity index (χ2v) is 8.47. The van der Waals surface area contributed by atoms with Gasteiger partial charge in [-0.05, 0) is 36.8 Å². The maximum absolute atomic E-state index is 13.0. The van der Waals surface area contributed by atoms with Crippen LogP contribution in [0, 0.1) is 12.8 Å². The molecule has 6 nitrogen and oxygen atoms in total. The Balaban J connectivity index is 1.48. The van der Waals surface area contributed by atoms with Crippen molar-refractivity contribution in [1.82, 2.24) is 9.88 Å². The van der Waals surface area contributed by atoms with E-state index in [1.807, 2.05) is 49.4 Å². The number of carbonyl (C=O) groups excluding carboxylic acids is 2. The molecule has 150 valence electrons. The summed E-state index contributed by atoms with van der Waals surface area (Å²) in [4.78, 5) is 33.6. The Morgan fingerprint density at radius 2 is 2.10 bits per heavy atom. The number of aromatic nitrogens is 1. The maximum atomic E-state index is 13.0. The van der Waals surface area contributed by atoms with Crippen molar-refractivity contribution < 1.29 is 14.3 Å². The molecule has 2 amide bonds. The number of carbonyl (C=O) groups is 2. The van der Waals surface area contributed by atoms with Gasteiger partial charge in [-0.15, -0.1) is 11.3 Å². The third kappa shape index (κ3) is 3.82. The highest BCUT2D eigenvalue weighted by Gasteiger charge is 2.37. The second-order valence-electron chi connectivity index (χ2n) is 7.35. The van der Waals surface area contributed by atoms with Gasteiger partial charge in [-0.1, -0.05) is 18.2 Å². The van der Waals surface area contributed by atoms with E-state index in [0.717, 1.165) is 26.5 Å². The molecule has 1 aliphatic heterocycles. The molecule has 0 bridgehead atoms.